The van der Waals surface area contributed by atoms with Crippen LogP contribution in [0.3, 0.4) is 0 Å². The van der Waals surface area contributed by atoms with E-state index >= 15 is 0 Å². The average molecular weight is 218 g/mol. The molecule has 0 aliphatic heterocycles. The maximum absolute atomic E-state index is 11.6. The molecular weight excluding hydrogens is 200 g/mol. The molecule has 0 spiro atoms. The van der Waals surface area contributed by atoms with Crippen LogP contribution >= 0.6 is 0 Å². The van der Waals surface area contributed by atoms with Gasteiger partial charge in [-0.15, -0.1) is 0 Å². The molecule has 2 rings (SSSR count). The fraction of sp³-hybridized carbons (Fsp3) is 0.500. The molecule has 1 aliphatic rings. The summed E-state index contributed by atoms with van der Waals surface area (Å²) in [5.41, 5.74) is 1.36. The highest BCUT2D eigenvalue weighted by atomic mass is 16.5. The molecule has 2 nitrogen and oxygen atoms in total. The molecular formula is C14H18O2. The van der Waals surface area contributed by atoms with Gasteiger partial charge in [-0.25, -0.2) is 0 Å². The molecule has 0 unspecified atom stereocenters. The van der Waals surface area contributed by atoms with Crippen molar-refractivity contribution >= 4 is 5.97 Å². The van der Waals surface area contributed by atoms with E-state index in [4.69, 9.17) is 4.74 Å². The average Bonchev–Trinajstić information content (AvgIpc) is 2.80. The summed E-state index contributed by atoms with van der Waals surface area (Å²) in [4.78, 5) is 11.6. The highest BCUT2D eigenvalue weighted by Gasteiger charge is 2.31. The maximum Gasteiger partial charge on any atom is 0.308 e. The zero-order valence-electron chi connectivity index (χ0n) is 9.69. The number of carbonyl (C=O) groups is 1. The van der Waals surface area contributed by atoms with E-state index in [0.717, 1.165) is 19.3 Å². The normalized spacial score (nSPS) is 24.3. The fourth-order valence-electron chi connectivity index (χ4n) is 2.48. The molecule has 0 radical (unpaired) electrons. The molecule has 0 amide bonds. The molecule has 86 valence electrons. The van der Waals surface area contributed by atoms with Crippen molar-refractivity contribution in [2.75, 3.05) is 6.61 Å². The lowest BCUT2D eigenvalue weighted by molar-refractivity contribution is -0.147. The van der Waals surface area contributed by atoms with E-state index in [-0.39, 0.29) is 11.9 Å². The van der Waals surface area contributed by atoms with Crippen molar-refractivity contribution in [1.82, 2.24) is 0 Å². The zero-order chi connectivity index (χ0) is 11.4. The van der Waals surface area contributed by atoms with E-state index < -0.39 is 0 Å². The van der Waals surface area contributed by atoms with Gasteiger partial charge in [0.15, 0.2) is 0 Å². The van der Waals surface area contributed by atoms with Gasteiger partial charge in [-0.2, -0.15) is 0 Å². The third-order valence-corrected chi connectivity index (χ3v) is 3.32. The summed E-state index contributed by atoms with van der Waals surface area (Å²) in [7, 11) is 0. The lowest BCUT2D eigenvalue weighted by Gasteiger charge is -2.10. The molecule has 0 saturated heterocycles. The van der Waals surface area contributed by atoms with Gasteiger partial charge in [-0.1, -0.05) is 30.3 Å². The predicted molar refractivity (Wildman–Crippen MR) is 63.2 cm³/mol. The van der Waals surface area contributed by atoms with Crippen molar-refractivity contribution in [3.05, 3.63) is 35.9 Å². The zero-order valence-corrected chi connectivity index (χ0v) is 9.69. The number of carbonyl (C=O) groups excluding carboxylic acids is 1. The van der Waals surface area contributed by atoms with E-state index in [2.05, 4.69) is 24.3 Å². The highest BCUT2D eigenvalue weighted by Crippen LogP contribution is 2.38. The molecule has 1 aromatic rings. The molecule has 2 heteroatoms. The van der Waals surface area contributed by atoms with Crippen LogP contribution in [0.25, 0.3) is 0 Å². The van der Waals surface area contributed by atoms with Gasteiger partial charge in [0, 0.05) is 0 Å². The van der Waals surface area contributed by atoms with E-state index in [1.54, 1.807) is 0 Å². The van der Waals surface area contributed by atoms with E-state index in [0.29, 0.717) is 12.5 Å². The lowest BCUT2D eigenvalue weighted by Crippen LogP contribution is -2.14. The number of benzene rings is 1. The van der Waals surface area contributed by atoms with Crippen LogP contribution in [0.4, 0.5) is 0 Å². The Labute approximate surface area is 96.6 Å². The summed E-state index contributed by atoms with van der Waals surface area (Å²) in [6, 6.07) is 10.5. The van der Waals surface area contributed by atoms with E-state index in [1.165, 1.54) is 5.56 Å². The van der Waals surface area contributed by atoms with Gasteiger partial charge in [0.05, 0.1) is 12.5 Å². The minimum absolute atomic E-state index is 0.0130. The fourth-order valence-corrected chi connectivity index (χ4v) is 2.48. The van der Waals surface area contributed by atoms with Crippen molar-refractivity contribution < 1.29 is 9.53 Å². The smallest absolute Gasteiger partial charge is 0.308 e. The Hall–Kier alpha value is -1.31. The first-order valence-electron chi connectivity index (χ1n) is 6.03. The summed E-state index contributed by atoms with van der Waals surface area (Å²) in [6.45, 7) is 2.35. The number of esters is 1. The molecule has 1 aliphatic carbocycles. The molecule has 1 saturated carbocycles. The number of rotatable bonds is 3. The molecule has 2 atom stereocenters. The van der Waals surface area contributed by atoms with Gasteiger partial charge >= 0.3 is 5.97 Å². The first kappa shape index (κ1) is 11.2. The van der Waals surface area contributed by atoms with Crippen LogP contribution in [0.1, 0.15) is 37.7 Å². The Morgan fingerprint density at radius 1 is 1.31 bits per heavy atom. The van der Waals surface area contributed by atoms with Gasteiger partial charge in [0.2, 0.25) is 0 Å². The predicted octanol–water partition coefficient (Wildman–Crippen LogP) is 3.13. The summed E-state index contributed by atoms with van der Waals surface area (Å²) < 4.78 is 5.07. The minimum atomic E-state index is -0.0130. The summed E-state index contributed by atoms with van der Waals surface area (Å²) in [5.74, 6) is 0.640. The lowest BCUT2D eigenvalue weighted by atomic mass is 9.96. The quantitative estimate of drug-likeness (QED) is 0.728. The van der Waals surface area contributed by atoms with Crippen molar-refractivity contribution in [3.8, 4) is 0 Å². The first-order chi connectivity index (χ1) is 7.81. The second-order valence-electron chi connectivity index (χ2n) is 4.37. The van der Waals surface area contributed by atoms with Gasteiger partial charge in [-0.05, 0) is 37.7 Å². The van der Waals surface area contributed by atoms with Crippen LogP contribution in [0.5, 0.6) is 0 Å². The Bertz CT molecular complexity index is 345. The Morgan fingerprint density at radius 3 is 2.75 bits per heavy atom. The summed E-state index contributed by atoms with van der Waals surface area (Å²) in [5, 5.41) is 0. The maximum atomic E-state index is 11.6. The first-order valence-corrected chi connectivity index (χ1v) is 6.03. The Balaban J connectivity index is 1.96. The number of hydrogen-bond acceptors (Lipinski definition) is 2. The third kappa shape index (κ3) is 2.43. The minimum Gasteiger partial charge on any atom is -0.466 e. The number of ether oxygens (including phenoxy) is 1. The summed E-state index contributed by atoms with van der Waals surface area (Å²) in [6.07, 6.45) is 3.02. The second kappa shape index (κ2) is 5.15. The Kier molecular flexibility index (Phi) is 3.60. The van der Waals surface area contributed by atoms with Crippen LogP contribution in [-0.2, 0) is 9.53 Å². The number of hydrogen-bond donors (Lipinski definition) is 0. The van der Waals surface area contributed by atoms with Crippen molar-refractivity contribution in [1.29, 1.82) is 0 Å². The van der Waals surface area contributed by atoms with E-state index in [9.17, 15) is 4.79 Å². The Morgan fingerprint density at radius 2 is 2.06 bits per heavy atom. The topological polar surface area (TPSA) is 26.3 Å². The van der Waals surface area contributed by atoms with Gasteiger partial charge in [-0.3, -0.25) is 4.79 Å². The van der Waals surface area contributed by atoms with Gasteiger partial charge in [0.25, 0.3) is 0 Å². The van der Waals surface area contributed by atoms with Crippen molar-refractivity contribution in [2.45, 2.75) is 32.1 Å². The van der Waals surface area contributed by atoms with Crippen LogP contribution < -0.4 is 0 Å². The molecule has 16 heavy (non-hydrogen) atoms. The monoisotopic (exact) mass is 218 g/mol. The molecule has 0 bridgehead atoms. The third-order valence-electron chi connectivity index (χ3n) is 3.32. The van der Waals surface area contributed by atoms with Crippen molar-refractivity contribution in [3.63, 3.8) is 0 Å². The summed E-state index contributed by atoms with van der Waals surface area (Å²) >= 11 is 0. The van der Waals surface area contributed by atoms with Gasteiger partial charge in [0.1, 0.15) is 0 Å². The SMILES string of the molecule is CCOC(=O)[C@H]1CC[C@H](c2ccccc2)C1. The molecule has 0 heterocycles. The standard InChI is InChI=1S/C14H18O2/c1-2-16-14(15)13-9-8-12(10-13)11-6-4-3-5-7-11/h3-7,12-13H,2,8-10H2,1H3/t12-,13-/m0/s1. The molecule has 1 fully saturated rings. The highest BCUT2D eigenvalue weighted by molar-refractivity contribution is 5.72. The van der Waals surface area contributed by atoms with Crippen LogP contribution in [0, 0.1) is 5.92 Å². The molecule has 0 N–H and O–H groups in total. The second-order valence-corrected chi connectivity index (χ2v) is 4.37. The van der Waals surface area contributed by atoms with Crippen LogP contribution in [0.15, 0.2) is 30.3 Å². The van der Waals surface area contributed by atoms with Crippen LogP contribution in [0.2, 0.25) is 0 Å². The largest absolute Gasteiger partial charge is 0.466 e. The molecule has 0 aromatic heterocycles. The van der Waals surface area contributed by atoms with Crippen LogP contribution in [-0.4, -0.2) is 12.6 Å². The van der Waals surface area contributed by atoms with E-state index in [1.807, 2.05) is 13.0 Å². The van der Waals surface area contributed by atoms with Crippen molar-refractivity contribution in [2.24, 2.45) is 5.92 Å². The molecule has 1 aromatic carbocycles. The van der Waals surface area contributed by atoms with Gasteiger partial charge < -0.3 is 4.74 Å².